The summed E-state index contributed by atoms with van der Waals surface area (Å²) in [6.07, 6.45) is 1.37. The summed E-state index contributed by atoms with van der Waals surface area (Å²) in [6, 6.07) is 5.40. The third-order valence-corrected chi connectivity index (χ3v) is 2.71. The van der Waals surface area contributed by atoms with Crippen LogP contribution in [0.1, 0.15) is 5.56 Å². The Labute approximate surface area is 113 Å². The molecule has 6 heteroatoms. The molecule has 3 nitrogen and oxygen atoms in total. The van der Waals surface area contributed by atoms with E-state index in [1.165, 1.54) is 6.20 Å². The molecule has 0 aliphatic heterocycles. The van der Waals surface area contributed by atoms with Gasteiger partial charge in [-0.1, -0.05) is 29.3 Å². The molecule has 0 radical (unpaired) electrons. The summed E-state index contributed by atoms with van der Waals surface area (Å²) in [6.45, 7) is 1.93. The van der Waals surface area contributed by atoms with Gasteiger partial charge < -0.3 is 4.74 Å². The lowest BCUT2D eigenvalue weighted by molar-refractivity contribution is 0.462. The third kappa shape index (κ3) is 3.00. The van der Waals surface area contributed by atoms with Gasteiger partial charge in [0.05, 0.1) is 11.2 Å². The fourth-order valence-corrected chi connectivity index (χ4v) is 1.72. The highest BCUT2D eigenvalue weighted by Crippen LogP contribution is 2.32. The van der Waals surface area contributed by atoms with Crippen LogP contribution in [0.3, 0.4) is 0 Å². The fourth-order valence-electron chi connectivity index (χ4n) is 1.20. The van der Waals surface area contributed by atoms with Gasteiger partial charge in [-0.05, 0) is 36.2 Å². The van der Waals surface area contributed by atoms with Crippen molar-refractivity contribution in [2.75, 3.05) is 0 Å². The lowest BCUT2D eigenvalue weighted by Gasteiger charge is -2.08. The summed E-state index contributed by atoms with van der Waals surface area (Å²) >= 11 is 17.6. The minimum absolute atomic E-state index is 0.0626. The maximum absolute atomic E-state index is 6.03. The first-order chi connectivity index (χ1) is 8.06. The van der Waals surface area contributed by atoms with E-state index in [4.69, 9.17) is 39.5 Å². The molecule has 88 valence electrons. The van der Waals surface area contributed by atoms with E-state index < -0.39 is 0 Å². The van der Waals surface area contributed by atoms with E-state index in [1.54, 1.807) is 12.1 Å². The number of benzene rings is 1. The van der Waals surface area contributed by atoms with Crippen LogP contribution < -0.4 is 4.74 Å². The van der Waals surface area contributed by atoms with Crippen LogP contribution in [0.5, 0.6) is 11.6 Å². The van der Waals surface area contributed by atoms with E-state index in [0.29, 0.717) is 10.8 Å². The maximum atomic E-state index is 6.03. The number of ether oxygens (including phenoxy) is 1. The second kappa shape index (κ2) is 5.08. The van der Waals surface area contributed by atoms with Gasteiger partial charge in [0.1, 0.15) is 10.8 Å². The lowest BCUT2D eigenvalue weighted by Crippen LogP contribution is -1.92. The second-order valence-electron chi connectivity index (χ2n) is 3.33. The van der Waals surface area contributed by atoms with E-state index in [1.807, 2.05) is 13.0 Å². The molecule has 0 spiro atoms. The topological polar surface area (TPSA) is 35.0 Å². The van der Waals surface area contributed by atoms with Crippen LogP contribution in [0, 0.1) is 6.92 Å². The van der Waals surface area contributed by atoms with Gasteiger partial charge in [0.15, 0.2) is 0 Å². The summed E-state index contributed by atoms with van der Waals surface area (Å²) in [5.41, 5.74) is 1.04. The Kier molecular flexibility index (Phi) is 3.72. The van der Waals surface area contributed by atoms with Crippen LogP contribution in [0.15, 0.2) is 24.4 Å². The molecular formula is C11H7Cl3N2O. The molecule has 0 N–H and O–H groups in total. The number of nitrogens with zero attached hydrogens (tertiary/aromatic N) is 2. The SMILES string of the molecule is Cc1ccc(Oc2nc(Cl)ncc2Cl)c(Cl)c1. The number of hydrogen-bond donors (Lipinski definition) is 0. The van der Waals surface area contributed by atoms with Crippen molar-refractivity contribution in [2.45, 2.75) is 6.92 Å². The van der Waals surface area contributed by atoms with Crippen molar-refractivity contribution < 1.29 is 4.74 Å². The predicted molar refractivity (Wildman–Crippen MR) is 68.3 cm³/mol. The van der Waals surface area contributed by atoms with Crippen molar-refractivity contribution >= 4 is 34.8 Å². The fraction of sp³-hybridized carbons (Fsp3) is 0.0909. The minimum Gasteiger partial charge on any atom is -0.436 e. The monoisotopic (exact) mass is 288 g/mol. The van der Waals surface area contributed by atoms with Crippen LogP contribution in [0.2, 0.25) is 15.3 Å². The molecule has 0 aliphatic rings. The van der Waals surface area contributed by atoms with Gasteiger partial charge in [-0.25, -0.2) is 4.98 Å². The lowest BCUT2D eigenvalue weighted by atomic mass is 10.2. The molecule has 0 fully saturated rings. The molecule has 2 aromatic rings. The Morgan fingerprint density at radius 3 is 2.59 bits per heavy atom. The van der Waals surface area contributed by atoms with Crippen molar-refractivity contribution in [1.29, 1.82) is 0 Å². The first kappa shape index (κ1) is 12.4. The average molecular weight is 290 g/mol. The Hall–Kier alpha value is -1.03. The Morgan fingerprint density at radius 2 is 1.88 bits per heavy atom. The van der Waals surface area contributed by atoms with E-state index in [0.717, 1.165) is 5.56 Å². The van der Waals surface area contributed by atoms with Crippen molar-refractivity contribution in [3.05, 3.63) is 45.3 Å². The van der Waals surface area contributed by atoms with Crippen molar-refractivity contribution in [3.8, 4) is 11.6 Å². The van der Waals surface area contributed by atoms with Gasteiger partial charge in [0.2, 0.25) is 11.2 Å². The van der Waals surface area contributed by atoms with Crippen molar-refractivity contribution in [2.24, 2.45) is 0 Å². The zero-order chi connectivity index (χ0) is 12.4. The molecule has 0 unspecified atom stereocenters. The van der Waals surface area contributed by atoms with Crippen molar-refractivity contribution in [3.63, 3.8) is 0 Å². The molecule has 0 saturated carbocycles. The minimum atomic E-state index is 0.0626. The average Bonchev–Trinajstić information content (AvgIpc) is 2.27. The highest BCUT2D eigenvalue weighted by Gasteiger charge is 2.09. The first-order valence-corrected chi connectivity index (χ1v) is 5.81. The molecule has 17 heavy (non-hydrogen) atoms. The summed E-state index contributed by atoms with van der Waals surface area (Å²) in [7, 11) is 0. The number of rotatable bonds is 2. The van der Waals surface area contributed by atoms with Gasteiger partial charge in [-0.2, -0.15) is 4.98 Å². The molecule has 2 rings (SSSR count). The largest absolute Gasteiger partial charge is 0.436 e. The highest BCUT2D eigenvalue weighted by molar-refractivity contribution is 6.33. The van der Waals surface area contributed by atoms with E-state index >= 15 is 0 Å². The Morgan fingerprint density at radius 1 is 1.12 bits per heavy atom. The summed E-state index contributed by atoms with van der Waals surface area (Å²) < 4.78 is 5.48. The number of aromatic nitrogens is 2. The molecule has 0 aliphatic carbocycles. The molecule has 1 aromatic heterocycles. The van der Waals surface area contributed by atoms with Crippen LogP contribution in [-0.2, 0) is 0 Å². The molecule has 1 heterocycles. The number of hydrogen-bond acceptors (Lipinski definition) is 3. The summed E-state index contributed by atoms with van der Waals surface area (Å²) in [4.78, 5) is 7.60. The predicted octanol–water partition coefficient (Wildman–Crippen LogP) is 4.54. The van der Waals surface area contributed by atoms with Gasteiger partial charge in [0, 0.05) is 0 Å². The Balaban J connectivity index is 2.34. The standard InChI is InChI=1S/C11H7Cl3N2O/c1-6-2-3-9(7(12)4-6)17-10-8(13)5-15-11(14)16-10/h2-5H,1H3. The summed E-state index contributed by atoms with van der Waals surface area (Å²) in [5, 5.41) is 0.814. The third-order valence-electron chi connectivity index (χ3n) is 1.98. The van der Waals surface area contributed by atoms with Gasteiger partial charge in [0.25, 0.3) is 0 Å². The molecular weight excluding hydrogens is 282 g/mol. The van der Waals surface area contributed by atoms with Gasteiger partial charge in [-0.3, -0.25) is 0 Å². The zero-order valence-corrected chi connectivity index (χ0v) is 11.0. The zero-order valence-electron chi connectivity index (χ0n) is 8.75. The first-order valence-electron chi connectivity index (χ1n) is 4.68. The highest BCUT2D eigenvalue weighted by atomic mass is 35.5. The van der Waals surface area contributed by atoms with Crippen LogP contribution in [0.4, 0.5) is 0 Å². The smallest absolute Gasteiger partial charge is 0.242 e. The van der Waals surface area contributed by atoms with Crippen LogP contribution in [-0.4, -0.2) is 9.97 Å². The van der Waals surface area contributed by atoms with Crippen molar-refractivity contribution in [1.82, 2.24) is 9.97 Å². The normalized spacial score (nSPS) is 10.4. The number of aryl methyl sites for hydroxylation is 1. The Bertz CT molecular complexity index is 560. The van der Waals surface area contributed by atoms with E-state index in [2.05, 4.69) is 9.97 Å². The molecule has 0 saturated heterocycles. The van der Waals surface area contributed by atoms with Gasteiger partial charge >= 0.3 is 0 Å². The molecule has 1 aromatic carbocycles. The van der Waals surface area contributed by atoms with E-state index in [9.17, 15) is 0 Å². The van der Waals surface area contributed by atoms with Gasteiger partial charge in [-0.15, -0.1) is 0 Å². The quantitative estimate of drug-likeness (QED) is 0.761. The molecule has 0 bridgehead atoms. The molecule has 0 amide bonds. The van der Waals surface area contributed by atoms with Crippen LogP contribution in [0.25, 0.3) is 0 Å². The molecule has 0 atom stereocenters. The number of halogens is 3. The second-order valence-corrected chi connectivity index (χ2v) is 4.48. The van der Waals surface area contributed by atoms with E-state index in [-0.39, 0.29) is 16.2 Å². The maximum Gasteiger partial charge on any atom is 0.242 e. The van der Waals surface area contributed by atoms with Crippen LogP contribution >= 0.6 is 34.8 Å². The summed E-state index contributed by atoms with van der Waals surface area (Å²) in [5.74, 6) is 0.645.